The van der Waals surface area contributed by atoms with Crippen molar-refractivity contribution >= 4 is 5.91 Å². The van der Waals surface area contributed by atoms with E-state index in [1.807, 2.05) is 0 Å². The number of halogens is 4. The van der Waals surface area contributed by atoms with Crippen LogP contribution in [0.2, 0.25) is 0 Å². The Kier molecular flexibility index (Phi) is 5.56. The fourth-order valence-corrected chi connectivity index (χ4v) is 2.24. The highest BCUT2D eigenvalue weighted by Crippen LogP contribution is 2.34. The first kappa shape index (κ1) is 17.9. The maximum absolute atomic E-state index is 13.4. The summed E-state index contributed by atoms with van der Waals surface area (Å²) >= 11 is 0. The van der Waals surface area contributed by atoms with Crippen LogP contribution in [-0.2, 0) is 17.4 Å². The number of hydrogen-bond donors (Lipinski definition) is 2. The highest BCUT2D eigenvalue weighted by molar-refractivity contribution is 5.78. The zero-order chi connectivity index (χ0) is 17.7. The largest absolute Gasteiger partial charge is 0.416 e. The lowest BCUT2D eigenvalue weighted by molar-refractivity contribution is -0.139. The molecule has 1 amide bonds. The number of rotatable bonds is 5. The lowest BCUT2D eigenvalue weighted by Crippen LogP contribution is -2.30. The lowest BCUT2D eigenvalue weighted by atomic mass is 10.0. The molecule has 0 aliphatic carbocycles. The Bertz CT molecular complexity index is 716. The van der Waals surface area contributed by atoms with Gasteiger partial charge >= 0.3 is 6.18 Å². The molecule has 0 radical (unpaired) electrons. The number of aliphatic hydroxyl groups is 1. The Labute approximate surface area is 135 Å². The van der Waals surface area contributed by atoms with Crippen molar-refractivity contribution in [2.45, 2.75) is 18.7 Å². The molecule has 0 aliphatic heterocycles. The maximum Gasteiger partial charge on any atom is 0.416 e. The molecule has 0 saturated heterocycles. The van der Waals surface area contributed by atoms with Gasteiger partial charge in [-0.2, -0.15) is 13.2 Å². The van der Waals surface area contributed by atoms with Gasteiger partial charge in [-0.3, -0.25) is 4.79 Å². The van der Waals surface area contributed by atoms with Crippen LogP contribution in [-0.4, -0.2) is 17.6 Å². The fraction of sp³-hybridized carbons (Fsp3) is 0.235. The van der Waals surface area contributed by atoms with E-state index in [0.29, 0.717) is 0 Å². The minimum Gasteiger partial charge on any atom is -0.387 e. The van der Waals surface area contributed by atoms with E-state index >= 15 is 0 Å². The van der Waals surface area contributed by atoms with Gasteiger partial charge in [0.15, 0.2) is 0 Å². The van der Waals surface area contributed by atoms with Gasteiger partial charge in [0.1, 0.15) is 5.82 Å². The molecule has 3 nitrogen and oxygen atoms in total. The molecule has 2 rings (SSSR count). The van der Waals surface area contributed by atoms with E-state index in [1.54, 1.807) is 6.07 Å². The monoisotopic (exact) mass is 341 g/mol. The second-order valence-corrected chi connectivity index (χ2v) is 5.17. The molecule has 7 heteroatoms. The maximum atomic E-state index is 13.4. The van der Waals surface area contributed by atoms with Gasteiger partial charge in [0.25, 0.3) is 0 Å². The van der Waals surface area contributed by atoms with Gasteiger partial charge in [-0.25, -0.2) is 4.39 Å². The van der Waals surface area contributed by atoms with Crippen LogP contribution in [0.15, 0.2) is 48.5 Å². The van der Waals surface area contributed by atoms with E-state index < -0.39 is 36.1 Å². The number of nitrogens with one attached hydrogen (secondary N) is 1. The van der Waals surface area contributed by atoms with Gasteiger partial charge in [0.2, 0.25) is 5.91 Å². The standard InChI is InChI=1S/C17H15F4NO2/c18-14-8-4-1-5-11(14)9-16(24)22-10-15(23)12-6-2-3-7-13(12)17(19,20)21/h1-8,15,23H,9-10H2,(H,22,24). The quantitative estimate of drug-likeness (QED) is 0.821. The number of carbonyl (C=O) groups is 1. The zero-order valence-electron chi connectivity index (χ0n) is 12.5. The number of carbonyl (C=O) groups excluding carboxylic acids is 1. The second-order valence-electron chi connectivity index (χ2n) is 5.17. The number of aliphatic hydroxyl groups excluding tert-OH is 1. The predicted octanol–water partition coefficient (Wildman–Crippen LogP) is 3.24. The van der Waals surface area contributed by atoms with E-state index in [9.17, 15) is 27.5 Å². The van der Waals surface area contributed by atoms with E-state index in [-0.39, 0.29) is 17.5 Å². The molecule has 0 spiro atoms. The summed E-state index contributed by atoms with van der Waals surface area (Å²) in [5.41, 5.74) is -1.11. The Morgan fingerprint density at radius 3 is 2.38 bits per heavy atom. The molecule has 2 aromatic carbocycles. The van der Waals surface area contributed by atoms with Gasteiger partial charge in [-0.1, -0.05) is 36.4 Å². The van der Waals surface area contributed by atoms with Crippen molar-refractivity contribution in [3.05, 3.63) is 71.0 Å². The smallest absolute Gasteiger partial charge is 0.387 e. The first-order valence-corrected chi connectivity index (χ1v) is 7.13. The van der Waals surface area contributed by atoms with Crippen LogP contribution in [0.4, 0.5) is 17.6 Å². The van der Waals surface area contributed by atoms with Crippen molar-refractivity contribution in [3.63, 3.8) is 0 Å². The minimum absolute atomic E-state index is 0.167. The highest BCUT2D eigenvalue weighted by atomic mass is 19.4. The normalized spacial score (nSPS) is 12.7. The highest BCUT2D eigenvalue weighted by Gasteiger charge is 2.34. The first-order valence-electron chi connectivity index (χ1n) is 7.13. The minimum atomic E-state index is -4.60. The summed E-state index contributed by atoms with van der Waals surface area (Å²) < 4.78 is 52.1. The summed E-state index contributed by atoms with van der Waals surface area (Å²) in [7, 11) is 0. The Morgan fingerprint density at radius 1 is 1.08 bits per heavy atom. The Hall–Kier alpha value is -2.41. The summed E-state index contributed by atoms with van der Waals surface area (Å²) in [4.78, 5) is 11.8. The molecule has 0 bridgehead atoms. The van der Waals surface area contributed by atoms with Gasteiger partial charge in [-0.05, 0) is 23.3 Å². The van der Waals surface area contributed by atoms with Gasteiger partial charge < -0.3 is 10.4 Å². The fourth-order valence-electron chi connectivity index (χ4n) is 2.24. The zero-order valence-corrected chi connectivity index (χ0v) is 12.5. The second kappa shape index (κ2) is 7.44. The van der Waals surface area contributed by atoms with Crippen molar-refractivity contribution in [3.8, 4) is 0 Å². The molecule has 1 unspecified atom stereocenters. The van der Waals surface area contributed by atoms with Crippen LogP contribution in [0.5, 0.6) is 0 Å². The molecule has 2 N–H and O–H groups in total. The molecule has 0 fully saturated rings. The van der Waals surface area contributed by atoms with Crippen LogP contribution in [0, 0.1) is 5.82 Å². The third-order valence-corrected chi connectivity index (χ3v) is 3.43. The summed E-state index contributed by atoms with van der Waals surface area (Å²) in [6.45, 7) is -0.402. The lowest BCUT2D eigenvalue weighted by Gasteiger charge is -2.18. The molecule has 0 heterocycles. The SMILES string of the molecule is O=C(Cc1ccccc1F)NCC(O)c1ccccc1C(F)(F)F. The van der Waals surface area contributed by atoms with E-state index in [1.165, 1.54) is 30.3 Å². The Morgan fingerprint density at radius 2 is 1.71 bits per heavy atom. The molecule has 1 atom stereocenters. The van der Waals surface area contributed by atoms with Gasteiger partial charge in [0, 0.05) is 6.54 Å². The summed E-state index contributed by atoms with van der Waals surface area (Å²) in [6.07, 6.45) is -6.39. The molecule has 0 aliphatic rings. The number of amides is 1. The third-order valence-electron chi connectivity index (χ3n) is 3.43. The first-order chi connectivity index (χ1) is 11.3. The van der Waals surface area contributed by atoms with Crippen LogP contribution in [0.3, 0.4) is 0 Å². The molecule has 0 aromatic heterocycles. The van der Waals surface area contributed by atoms with Crippen LogP contribution in [0.1, 0.15) is 22.8 Å². The summed E-state index contributed by atoms with van der Waals surface area (Å²) in [5.74, 6) is -1.14. The molecule has 128 valence electrons. The van der Waals surface area contributed by atoms with Crippen LogP contribution < -0.4 is 5.32 Å². The number of hydrogen-bond acceptors (Lipinski definition) is 2. The number of benzene rings is 2. The number of alkyl halides is 3. The summed E-state index contributed by atoms with van der Waals surface area (Å²) in [5, 5.41) is 12.3. The Balaban J connectivity index is 2.00. The molecule has 2 aromatic rings. The molecular formula is C17H15F4NO2. The topological polar surface area (TPSA) is 49.3 Å². The van der Waals surface area contributed by atoms with Crippen molar-refractivity contribution in [1.29, 1.82) is 0 Å². The predicted molar refractivity (Wildman–Crippen MR) is 79.5 cm³/mol. The average molecular weight is 341 g/mol. The van der Waals surface area contributed by atoms with E-state index in [0.717, 1.165) is 12.1 Å². The van der Waals surface area contributed by atoms with E-state index in [4.69, 9.17) is 0 Å². The molecule has 24 heavy (non-hydrogen) atoms. The third kappa shape index (κ3) is 4.55. The van der Waals surface area contributed by atoms with Gasteiger partial charge in [0.05, 0.1) is 18.1 Å². The van der Waals surface area contributed by atoms with Gasteiger partial charge in [-0.15, -0.1) is 0 Å². The molecular weight excluding hydrogens is 326 g/mol. The molecule has 0 saturated carbocycles. The van der Waals surface area contributed by atoms with Crippen molar-refractivity contribution in [2.75, 3.05) is 6.54 Å². The van der Waals surface area contributed by atoms with Crippen molar-refractivity contribution in [2.24, 2.45) is 0 Å². The van der Waals surface area contributed by atoms with Crippen molar-refractivity contribution in [1.82, 2.24) is 5.32 Å². The van der Waals surface area contributed by atoms with Crippen LogP contribution >= 0.6 is 0 Å². The average Bonchev–Trinajstić information content (AvgIpc) is 2.54. The summed E-state index contributed by atoms with van der Waals surface area (Å²) in [6, 6.07) is 10.3. The van der Waals surface area contributed by atoms with E-state index in [2.05, 4.69) is 5.32 Å². The van der Waals surface area contributed by atoms with Crippen molar-refractivity contribution < 1.29 is 27.5 Å². The van der Waals surface area contributed by atoms with Crippen LogP contribution in [0.25, 0.3) is 0 Å².